The molecule has 1 N–H and O–H groups in total. The number of nitrogens with zero attached hydrogens (tertiary/aromatic N) is 2. The Bertz CT molecular complexity index is 542. The molecule has 0 unspecified atom stereocenters. The van der Waals surface area contributed by atoms with E-state index in [0.717, 1.165) is 30.9 Å². The summed E-state index contributed by atoms with van der Waals surface area (Å²) in [5.41, 5.74) is 1.88. The molecule has 1 fully saturated rings. The van der Waals surface area contributed by atoms with Crippen LogP contribution in [-0.4, -0.2) is 39.0 Å². The summed E-state index contributed by atoms with van der Waals surface area (Å²) < 4.78 is 0. The molecule has 0 aliphatic carbocycles. The van der Waals surface area contributed by atoms with Crippen LogP contribution in [0.1, 0.15) is 6.42 Å². The second-order valence-corrected chi connectivity index (χ2v) is 5.01. The summed E-state index contributed by atoms with van der Waals surface area (Å²) in [5, 5.41) is 2.54. The molecule has 1 aliphatic rings. The highest BCUT2D eigenvalue weighted by Crippen LogP contribution is 2.26. The van der Waals surface area contributed by atoms with Crippen LogP contribution in [-0.2, 0) is 9.59 Å². The molecule has 0 radical (unpaired) electrons. The summed E-state index contributed by atoms with van der Waals surface area (Å²) in [6, 6.07) is 7.71. The van der Waals surface area contributed by atoms with Gasteiger partial charge in [0.2, 0.25) is 12.3 Å². The third kappa shape index (κ3) is 3.54. The van der Waals surface area contributed by atoms with Crippen LogP contribution >= 0.6 is 0 Å². The van der Waals surface area contributed by atoms with E-state index in [-0.39, 0.29) is 12.3 Å². The molecule has 1 saturated heterocycles. The van der Waals surface area contributed by atoms with Crippen molar-refractivity contribution in [2.75, 3.05) is 36.5 Å². The molecule has 0 atom stereocenters. The van der Waals surface area contributed by atoms with E-state index < -0.39 is 0 Å². The van der Waals surface area contributed by atoms with Crippen LogP contribution in [0.15, 0.2) is 24.3 Å². The smallest absolute Gasteiger partial charge is 0.221 e. The van der Waals surface area contributed by atoms with E-state index in [9.17, 15) is 9.59 Å². The van der Waals surface area contributed by atoms with Gasteiger partial charge in [0.1, 0.15) is 0 Å². The lowest BCUT2D eigenvalue weighted by molar-refractivity contribution is -0.120. The number of carbonyl (C=O) groups is 2. The number of terminal acetylenes is 1. The highest BCUT2D eigenvalue weighted by Gasteiger charge is 2.24. The van der Waals surface area contributed by atoms with Crippen molar-refractivity contribution in [2.45, 2.75) is 6.42 Å². The van der Waals surface area contributed by atoms with Crippen molar-refractivity contribution in [3.8, 4) is 12.3 Å². The Balaban J connectivity index is 1.95. The monoisotopic (exact) mass is 285 g/mol. The second kappa shape index (κ2) is 6.80. The van der Waals surface area contributed by atoms with Crippen molar-refractivity contribution < 1.29 is 9.59 Å². The van der Waals surface area contributed by atoms with E-state index in [1.54, 1.807) is 7.05 Å². The zero-order valence-electron chi connectivity index (χ0n) is 12.1. The highest BCUT2D eigenvalue weighted by molar-refractivity contribution is 5.80. The van der Waals surface area contributed by atoms with Crippen molar-refractivity contribution in [3.05, 3.63) is 24.3 Å². The van der Waals surface area contributed by atoms with Gasteiger partial charge >= 0.3 is 0 Å². The maximum absolute atomic E-state index is 11.2. The van der Waals surface area contributed by atoms with Crippen molar-refractivity contribution in [3.63, 3.8) is 0 Å². The first-order valence-electron chi connectivity index (χ1n) is 6.91. The summed E-state index contributed by atoms with van der Waals surface area (Å²) >= 11 is 0. The predicted molar refractivity (Wildman–Crippen MR) is 83.1 cm³/mol. The Hall–Kier alpha value is -2.48. The minimum Gasteiger partial charge on any atom is -0.369 e. The van der Waals surface area contributed by atoms with E-state index in [4.69, 9.17) is 6.42 Å². The number of rotatable bonds is 6. The molecular formula is C16H19N3O2. The maximum Gasteiger partial charge on any atom is 0.221 e. The zero-order valence-corrected chi connectivity index (χ0v) is 12.1. The van der Waals surface area contributed by atoms with E-state index in [1.165, 1.54) is 4.90 Å². The van der Waals surface area contributed by atoms with Crippen molar-refractivity contribution in [1.82, 2.24) is 5.32 Å². The van der Waals surface area contributed by atoms with Gasteiger partial charge in [-0.25, -0.2) is 0 Å². The zero-order chi connectivity index (χ0) is 15.2. The molecule has 2 amide bonds. The fraction of sp³-hybridized carbons (Fsp3) is 0.375. The van der Waals surface area contributed by atoms with Gasteiger partial charge in [0.25, 0.3) is 0 Å². The molecule has 1 aliphatic heterocycles. The molecule has 0 aromatic heterocycles. The number of nitrogens with one attached hydrogen (secondary N) is 1. The molecule has 5 nitrogen and oxygen atoms in total. The number of hydrogen-bond acceptors (Lipinski definition) is 3. The molecule has 0 bridgehead atoms. The SMILES string of the molecule is C#CC1CN(c2ccc(N(C=O)CCC(=O)NC)cc2)C1. The number of carbonyl (C=O) groups excluding carboxylic acids is 2. The normalized spacial score (nSPS) is 14.0. The Morgan fingerprint density at radius 2 is 2.14 bits per heavy atom. The van der Waals surface area contributed by atoms with Crippen molar-refractivity contribution in [1.29, 1.82) is 0 Å². The molecule has 2 rings (SSSR count). The van der Waals surface area contributed by atoms with Crippen LogP contribution in [0.25, 0.3) is 0 Å². The molecule has 110 valence electrons. The van der Waals surface area contributed by atoms with Gasteiger partial charge in [-0.1, -0.05) is 5.92 Å². The first-order valence-corrected chi connectivity index (χ1v) is 6.91. The van der Waals surface area contributed by atoms with Crippen LogP contribution in [0.3, 0.4) is 0 Å². The summed E-state index contributed by atoms with van der Waals surface area (Å²) in [6.45, 7) is 2.12. The summed E-state index contributed by atoms with van der Waals surface area (Å²) in [7, 11) is 1.58. The number of anilines is 2. The lowest BCUT2D eigenvalue weighted by Crippen LogP contribution is -2.45. The molecule has 1 heterocycles. The van der Waals surface area contributed by atoms with Crippen molar-refractivity contribution in [2.24, 2.45) is 5.92 Å². The number of amides is 2. The average molecular weight is 285 g/mol. The van der Waals surface area contributed by atoms with Gasteiger partial charge < -0.3 is 15.1 Å². The molecule has 0 spiro atoms. The summed E-state index contributed by atoms with van der Waals surface area (Å²) in [4.78, 5) is 26.1. The van der Waals surface area contributed by atoms with Gasteiger partial charge in [0.15, 0.2) is 0 Å². The van der Waals surface area contributed by atoms with Crippen LogP contribution in [0.2, 0.25) is 0 Å². The largest absolute Gasteiger partial charge is 0.369 e. The lowest BCUT2D eigenvalue weighted by Gasteiger charge is -2.38. The Morgan fingerprint density at radius 1 is 1.48 bits per heavy atom. The minimum absolute atomic E-state index is 0.0839. The van der Waals surface area contributed by atoms with Gasteiger partial charge in [-0.2, -0.15) is 0 Å². The molecule has 1 aromatic carbocycles. The Morgan fingerprint density at radius 3 is 2.67 bits per heavy atom. The lowest BCUT2D eigenvalue weighted by atomic mass is 10.0. The predicted octanol–water partition coefficient (Wildman–Crippen LogP) is 0.855. The quantitative estimate of drug-likeness (QED) is 0.623. The van der Waals surface area contributed by atoms with Crippen LogP contribution < -0.4 is 15.1 Å². The standard InChI is InChI=1S/C16H19N3O2/c1-3-13-10-19(11-13)15-6-4-14(5-7-15)18(12-20)9-8-16(21)17-2/h1,4-7,12-13H,8-11H2,2H3,(H,17,21). The van der Waals surface area contributed by atoms with Gasteiger partial charge in [-0.15, -0.1) is 6.42 Å². The summed E-state index contributed by atoms with van der Waals surface area (Å²) in [6.07, 6.45) is 6.40. The summed E-state index contributed by atoms with van der Waals surface area (Å²) in [5.74, 6) is 2.99. The number of benzene rings is 1. The first kappa shape index (κ1) is 14.9. The molecule has 0 saturated carbocycles. The van der Waals surface area contributed by atoms with Crippen LogP contribution in [0, 0.1) is 18.3 Å². The topological polar surface area (TPSA) is 52.7 Å². The third-order valence-corrected chi connectivity index (χ3v) is 3.65. The fourth-order valence-corrected chi connectivity index (χ4v) is 2.24. The van der Waals surface area contributed by atoms with Crippen molar-refractivity contribution >= 4 is 23.7 Å². The number of hydrogen-bond donors (Lipinski definition) is 1. The third-order valence-electron chi connectivity index (χ3n) is 3.65. The second-order valence-electron chi connectivity index (χ2n) is 5.01. The maximum atomic E-state index is 11.2. The van der Waals surface area contributed by atoms with Crippen LogP contribution in [0.4, 0.5) is 11.4 Å². The Labute approximate surface area is 124 Å². The molecule has 5 heteroatoms. The Kier molecular flexibility index (Phi) is 4.83. The molecule has 1 aromatic rings. The van der Waals surface area contributed by atoms with E-state index in [0.29, 0.717) is 12.5 Å². The van der Waals surface area contributed by atoms with Gasteiger partial charge in [-0.05, 0) is 24.3 Å². The van der Waals surface area contributed by atoms with Crippen LogP contribution in [0.5, 0.6) is 0 Å². The van der Waals surface area contributed by atoms with Gasteiger partial charge in [0.05, 0.1) is 5.92 Å². The van der Waals surface area contributed by atoms with Gasteiger partial charge in [0, 0.05) is 44.5 Å². The minimum atomic E-state index is -0.0839. The average Bonchev–Trinajstić information content (AvgIpc) is 2.48. The van der Waals surface area contributed by atoms with E-state index in [2.05, 4.69) is 16.1 Å². The fourth-order valence-electron chi connectivity index (χ4n) is 2.24. The van der Waals surface area contributed by atoms with Gasteiger partial charge in [-0.3, -0.25) is 9.59 Å². The molecular weight excluding hydrogens is 266 g/mol. The highest BCUT2D eigenvalue weighted by atomic mass is 16.2. The molecule has 21 heavy (non-hydrogen) atoms. The van der Waals surface area contributed by atoms with E-state index in [1.807, 2.05) is 24.3 Å². The first-order chi connectivity index (χ1) is 10.2. The van der Waals surface area contributed by atoms with E-state index >= 15 is 0 Å².